The number of aryl methyl sites for hydroxylation is 2. The Hall–Kier alpha value is -0.353. The van der Waals surface area contributed by atoms with Gasteiger partial charge in [0.1, 0.15) is 0 Å². The largest absolute Gasteiger partial charge is 0.184 e. The normalized spacial score (nSPS) is 9.32. The quantitative estimate of drug-likeness (QED) is 0.0975. The molecular formula is C29H31Cl5Si2Zr-4. The van der Waals surface area contributed by atoms with Gasteiger partial charge in [0.2, 0.25) is 0 Å². The molecule has 2 radical (unpaired) electrons. The summed E-state index contributed by atoms with van der Waals surface area (Å²) in [5.74, 6) is 0. The van der Waals surface area contributed by atoms with Crippen molar-refractivity contribution in [2.75, 3.05) is 0 Å². The molecule has 0 unspecified atom stereocenters. The van der Waals surface area contributed by atoms with Crippen LogP contribution in [0.25, 0.3) is 21.5 Å². The van der Waals surface area contributed by atoms with Crippen LogP contribution in [0, 0.1) is 26.8 Å². The minimum Gasteiger partial charge on any atom is -0.184 e. The fourth-order valence-corrected chi connectivity index (χ4v) is 4.76. The molecule has 37 heavy (non-hydrogen) atoms. The van der Waals surface area contributed by atoms with Crippen LogP contribution in [0.5, 0.6) is 0 Å². The molecular weight excluding hydrogens is 673 g/mol. The average molecular weight is 704 g/mol. The topological polar surface area (TPSA) is 0 Å². The van der Waals surface area contributed by atoms with Crippen LogP contribution >= 0.6 is 58.1 Å². The molecule has 0 aromatic heterocycles. The van der Waals surface area contributed by atoms with Crippen LogP contribution in [0.15, 0.2) is 103 Å². The van der Waals surface area contributed by atoms with E-state index in [1.165, 1.54) is 56.0 Å². The Labute approximate surface area is 267 Å². The van der Waals surface area contributed by atoms with E-state index in [2.05, 4.69) is 107 Å². The van der Waals surface area contributed by atoms with Gasteiger partial charge in [-0.25, -0.2) is 0 Å². The van der Waals surface area contributed by atoms with Crippen molar-refractivity contribution in [2.24, 2.45) is 0 Å². The first-order chi connectivity index (χ1) is 16.8. The van der Waals surface area contributed by atoms with Gasteiger partial charge < -0.3 is 6.92 Å². The zero-order valence-electron chi connectivity index (χ0n) is 20.9. The monoisotopic (exact) mass is 700 g/mol. The molecule has 0 bridgehead atoms. The molecule has 0 spiro atoms. The molecule has 198 valence electrons. The van der Waals surface area contributed by atoms with Gasteiger partial charge >= 0.3 is 36.2 Å². The number of hydrogen-bond acceptors (Lipinski definition) is 0. The van der Waals surface area contributed by atoms with Crippen molar-refractivity contribution in [2.45, 2.75) is 26.3 Å². The molecule has 0 atom stereocenters. The molecule has 8 heteroatoms. The standard InChI is InChI=1S/2C10H9.C6H5.C3H6Cl3Si.2ClH.Si.Zr/c2*1-8-6-9-4-2-3-5-10(9)7-8;1-2-4-6-5-3-1;1-2-3-7(4,5)6;;;;/h2*2-7H,1H3;1-5H;1-3H2;2*1H;;/q4*-1;;;;. The molecule has 5 aromatic rings. The summed E-state index contributed by atoms with van der Waals surface area (Å²) in [5.41, 5.74) is 2.70. The number of hydrogen-bond donors (Lipinski definition) is 0. The summed E-state index contributed by atoms with van der Waals surface area (Å²) < 4.78 is 0. The second-order valence-electron chi connectivity index (χ2n) is 7.62. The molecule has 0 saturated heterocycles. The molecule has 0 N–H and O–H groups in total. The SMILES string of the molecule is Cc1cc2ccccc2[cH-]1.Cc1cc2ccccc2[cH-]1.Cl.Cl.[CH2-]CC[Si](Cl)(Cl)Cl.[Si]=[Zr].[c-]1ccccc1. The summed E-state index contributed by atoms with van der Waals surface area (Å²) in [6.45, 7) is 10.9. The Balaban J connectivity index is 0. The van der Waals surface area contributed by atoms with Crippen LogP contribution in [0.1, 0.15) is 17.5 Å². The second kappa shape index (κ2) is 22.5. The van der Waals surface area contributed by atoms with Crippen molar-refractivity contribution >= 4 is 92.5 Å². The Morgan fingerprint density at radius 3 is 1.41 bits per heavy atom. The van der Waals surface area contributed by atoms with E-state index in [4.69, 9.17) is 33.2 Å². The van der Waals surface area contributed by atoms with Crippen LogP contribution in [-0.2, 0) is 23.3 Å². The predicted molar refractivity (Wildman–Crippen MR) is 172 cm³/mol. The van der Waals surface area contributed by atoms with Crippen molar-refractivity contribution in [3.8, 4) is 0 Å². The van der Waals surface area contributed by atoms with Crippen LogP contribution in [0.4, 0.5) is 0 Å². The molecule has 0 aliphatic rings. The minimum atomic E-state index is -2.30. The molecule has 0 aliphatic carbocycles. The van der Waals surface area contributed by atoms with Crippen molar-refractivity contribution < 1.29 is 23.3 Å². The van der Waals surface area contributed by atoms with Crippen LogP contribution < -0.4 is 0 Å². The molecule has 0 fully saturated rings. The first-order valence-electron chi connectivity index (χ1n) is 11.0. The van der Waals surface area contributed by atoms with Crippen molar-refractivity contribution in [1.82, 2.24) is 0 Å². The maximum absolute atomic E-state index is 5.46. The van der Waals surface area contributed by atoms with E-state index in [0.717, 1.165) is 6.42 Å². The van der Waals surface area contributed by atoms with Gasteiger partial charge in [-0.1, -0.05) is 26.0 Å². The summed E-state index contributed by atoms with van der Waals surface area (Å²) in [6.07, 6.45) is 0.725. The summed E-state index contributed by atoms with van der Waals surface area (Å²) >= 11 is 17.7. The van der Waals surface area contributed by atoms with E-state index in [0.29, 0.717) is 6.04 Å². The number of rotatable bonds is 2. The number of benzene rings is 3. The van der Waals surface area contributed by atoms with Crippen LogP contribution in [0.3, 0.4) is 0 Å². The van der Waals surface area contributed by atoms with Crippen molar-refractivity contribution in [1.29, 1.82) is 0 Å². The second-order valence-corrected chi connectivity index (χ2v) is 16.9. The van der Waals surface area contributed by atoms with Crippen molar-refractivity contribution in [3.63, 3.8) is 0 Å². The van der Waals surface area contributed by atoms with E-state index in [9.17, 15) is 0 Å². The Morgan fingerprint density at radius 1 is 0.757 bits per heavy atom. The Bertz CT molecular complexity index is 1050. The van der Waals surface area contributed by atoms with Crippen LogP contribution in [-0.4, -0.2) is 12.9 Å². The molecule has 0 heterocycles. The van der Waals surface area contributed by atoms with Crippen molar-refractivity contribution in [3.05, 3.63) is 127 Å². The summed E-state index contributed by atoms with van der Waals surface area (Å²) in [7, 11) is 0. The van der Waals surface area contributed by atoms with E-state index >= 15 is 0 Å². The summed E-state index contributed by atoms with van der Waals surface area (Å²) in [5, 5.41) is 5.39. The third-order valence-electron chi connectivity index (χ3n) is 4.59. The first-order valence-corrected chi connectivity index (χ1v) is 20.5. The third kappa shape index (κ3) is 17.8. The smallest absolute Gasteiger partial charge is 0.171 e. The third-order valence-corrected chi connectivity index (χ3v) is 7.21. The molecule has 0 saturated carbocycles. The van der Waals surface area contributed by atoms with E-state index in [-0.39, 0.29) is 24.8 Å². The minimum absolute atomic E-state index is 0. The number of fused-ring (bicyclic) bond motifs is 2. The van der Waals surface area contributed by atoms with Gasteiger partial charge in [-0.15, -0.1) is 139 Å². The average Bonchev–Trinajstić information content (AvgIpc) is 3.42. The maximum atomic E-state index is 5.46. The Morgan fingerprint density at radius 2 is 1.16 bits per heavy atom. The molecule has 5 rings (SSSR count). The summed E-state index contributed by atoms with van der Waals surface area (Å²) in [4.78, 5) is 0. The van der Waals surface area contributed by atoms with Gasteiger partial charge in [-0.2, -0.15) is 55.0 Å². The maximum Gasteiger partial charge on any atom is -0.171 e. The van der Waals surface area contributed by atoms with E-state index < -0.39 is 6.00 Å². The molecule has 5 aromatic carbocycles. The van der Waals surface area contributed by atoms with Crippen LogP contribution in [0.2, 0.25) is 6.04 Å². The molecule has 0 nitrogen and oxygen atoms in total. The fourth-order valence-electron chi connectivity index (χ4n) is 3.15. The predicted octanol–water partition coefficient (Wildman–Crippen LogP) is 10.5. The van der Waals surface area contributed by atoms with E-state index in [1.807, 2.05) is 30.3 Å². The van der Waals surface area contributed by atoms with Gasteiger partial charge in [-0.3, -0.25) is 0 Å². The molecule has 0 amide bonds. The molecule has 0 aliphatic heterocycles. The zero-order chi connectivity index (χ0) is 26.1. The van der Waals surface area contributed by atoms with Gasteiger partial charge in [0.05, 0.1) is 0 Å². The van der Waals surface area contributed by atoms with Gasteiger partial charge in [0.15, 0.2) is 0 Å². The first kappa shape index (κ1) is 38.8. The van der Waals surface area contributed by atoms with Gasteiger partial charge in [-0.05, 0) is 6.04 Å². The van der Waals surface area contributed by atoms with E-state index in [1.54, 1.807) is 0 Å². The fraction of sp³-hybridized carbons (Fsp3) is 0.138. The zero-order valence-corrected chi connectivity index (χ0v) is 29.2. The Kier molecular flexibility index (Phi) is 23.6. The summed E-state index contributed by atoms with van der Waals surface area (Å²) in [6, 6.07) is 36.5. The van der Waals surface area contributed by atoms with Gasteiger partial charge in [0.25, 0.3) is 0 Å². The van der Waals surface area contributed by atoms with Gasteiger partial charge in [0, 0.05) is 0 Å². The number of halogens is 5.